The fourth-order valence-electron chi connectivity index (χ4n) is 1.70. The smallest absolute Gasteiger partial charge is 0.269 e. The molecule has 0 saturated carbocycles. The van der Waals surface area contributed by atoms with Gasteiger partial charge in [-0.15, -0.1) is 0 Å². The van der Waals surface area contributed by atoms with Crippen molar-refractivity contribution in [3.8, 4) is 0 Å². The average Bonchev–Trinajstić information content (AvgIpc) is 2.29. The van der Waals surface area contributed by atoms with Gasteiger partial charge in [-0.3, -0.25) is 10.1 Å². The minimum Gasteiger partial charge on any atom is -0.372 e. The predicted molar refractivity (Wildman–Crippen MR) is 65.9 cm³/mol. The normalized spacial score (nSPS) is 10.1. The van der Waals surface area contributed by atoms with Crippen LogP contribution in [0.3, 0.4) is 0 Å². The third kappa shape index (κ3) is 3.22. The molecule has 0 N–H and O–H groups in total. The molecule has 0 aromatic heterocycles. The minimum absolute atomic E-state index is 0.150. The van der Waals surface area contributed by atoms with E-state index in [1.165, 1.54) is 0 Å². The maximum absolute atomic E-state index is 10.5. The van der Waals surface area contributed by atoms with Gasteiger partial charge >= 0.3 is 0 Å². The van der Waals surface area contributed by atoms with Gasteiger partial charge in [0.25, 0.3) is 5.69 Å². The van der Waals surface area contributed by atoms with Gasteiger partial charge in [0.2, 0.25) is 0 Å². The highest BCUT2D eigenvalue weighted by atomic mass is 16.6. The Kier molecular flexibility index (Phi) is 4.76. The van der Waals surface area contributed by atoms with Gasteiger partial charge in [-0.25, -0.2) is 0 Å². The first-order chi connectivity index (χ1) is 7.69. The molecule has 1 rings (SSSR count). The Hall–Kier alpha value is -1.58. The number of rotatable bonds is 6. The maximum Gasteiger partial charge on any atom is 0.269 e. The van der Waals surface area contributed by atoms with E-state index < -0.39 is 0 Å². The number of anilines is 1. The quantitative estimate of drug-likeness (QED) is 0.548. The second-order valence-corrected chi connectivity index (χ2v) is 3.76. The second kappa shape index (κ2) is 6.10. The van der Waals surface area contributed by atoms with E-state index in [1.54, 1.807) is 12.1 Å². The molecule has 1 aromatic carbocycles. The Bertz CT molecular complexity index is 329. The van der Waals surface area contributed by atoms with Gasteiger partial charge in [0.15, 0.2) is 0 Å². The van der Waals surface area contributed by atoms with Crippen LogP contribution < -0.4 is 4.90 Å². The van der Waals surface area contributed by atoms with Crippen molar-refractivity contribution in [3.63, 3.8) is 0 Å². The molecule has 0 amide bonds. The summed E-state index contributed by atoms with van der Waals surface area (Å²) < 4.78 is 0. The van der Waals surface area contributed by atoms with E-state index in [0.29, 0.717) is 0 Å². The van der Waals surface area contributed by atoms with Crippen molar-refractivity contribution in [1.82, 2.24) is 0 Å². The zero-order valence-corrected chi connectivity index (χ0v) is 9.85. The van der Waals surface area contributed by atoms with Gasteiger partial charge in [0, 0.05) is 30.9 Å². The third-order valence-electron chi connectivity index (χ3n) is 2.41. The van der Waals surface area contributed by atoms with Gasteiger partial charge in [0.05, 0.1) is 4.92 Å². The highest BCUT2D eigenvalue weighted by molar-refractivity contribution is 5.50. The Balaban J connectivity index is 2.80. The van der Waals surface area contributed by atoms with Crippen LogP contribution in [0, 0.1) is 10.1 Å². The molecule has 16 heavy (non-hydrogen) atoms. The van der Waals surface area contributed by atoms with Gasteiger partial charge in [-0.05, 0) is 25.0 Å². The largest absolute Gasteiger partial charge is 0.372 e. The van der Waals surface area contributed by atoms with E-state index in [-0.39, 0.29) is 10.6 Å². The molecule has 0 aliphatic carbocycles. The third-order valence-corrected chi connectivity index (χ3v) is 2.41. The lowest BCUT2D eigenvalue weighted by atomic mass is 10.2. The average molecular weight is 222 g/mol. The van der Waals surface area contributed by atoms with Crippen LogP contribution in [0.15, 0.2) is 24.3 Å². The number of non-ortho nitro benzene ring substituents is 1. The van der Waals surface area contributed by atoms with Crippen LogP contribution in [-0.4, -0.2) is 18.0 Å². The molecule has 0 spiro atoms. The van der Waals surface area contributed by atoms with Crippen molar-refractivity contribution in [2.24, 2.45) is 0 Å². The molecule has 0 unspecified atom stereocenters. The summed E-state index contributed by atoms with van der Waals surface area (Å²) in [4.78, 5) is 12.4. The van der Waals surface area contributed by atoms with Crippen molar-refractivity contribution in [2.45, 2.75) is 26.7 Å². The molecule has 0 bridgehead atoms. The lowest BCUT2D eigenvalue weighted by molar-refractivity contribution is -0.384. The van der Waals surface area contributed by atoms with Crippen molar-refractivity contribution in [1.29, 1.82) is 0 Å². The zero-order chi connectivity index (χ0) is 12.0. The summed E-state index contributed by atoms with van der Waals surface area (Å²) in [7, 11) is 0. The number of nitro benzene ring substituents is 1. The standard InChI is InChI=1S/C12H18N2O2/c1-3-9-13(10-4-2)11-5-7-12(8-6-11)14(15)16/h5-8H,3-4,9-10H2,1-2H3. The molecule has 88 valence electrons. The summed E-state index contributed by atoms with van der Waals surface area (Å²) in [6, 6.07) is 6.77. The summed E-state index contributed by atoms with van der Waals surface area (Å²) in [5.74, 6) is 0. The molecule has 0 atom stereocenters. The highest BCUT2D eigenvalue weighted by Crippen LogP contribution is 2.19. The Labute approximate surface area is 96.0 Å². The monoisotopic (exact) mass is 222 g/mol. The summed E-state index contributed by atoms with van der Waals surface area (Å²) in [6.07, 6.45) is 2.16. The molecule has 0 aliphatic heterocycles. The Morgan fingerprint density at radius 2 is 1.62 bits per heavy atom. The number of nitrogens with zero attached hydrogens (tertiary/aromatic N) is 2. The van der Waals surface area contributed by atoms with E-state index >= 15 is 0 Å². The van der Waals surface area contributed by atoms with Crippen LogP contribution in [0.4, 0.5) is 11.4 Å². The number of nitro groups is 1. The Morgan fingerprint density at radius 1 is 1.12 bits per heavy atom. The molecule has 0 aliphatic rings. The maximum atomic E-state index is 10.5. The minimum atomic E-state index is -0.367. The van der Waals surface area contributed by atoms with Crippen molar-refractivity contribution < 1.29 is 4.92 Å². The molecule has 0 saturated heterocycles. The van der Waals surface area contributed by atoms with Crippen molar-refractivity contribution >= 4 is 11.4 Å². The van der Waals surface area contributed by atoms with E-state index in [1.807, 2.05) is 12.1 Å². The number of hydrogen-bond acceptors (Lipinski definition) is 3. The van der Waals surface area contributed by atoms with Gasteiger partial charge in [-0.1, -0.05) is 13.8 Å². The number of benzene rings is 1. The molecule has 4 nitrogen and oxygen atoms in total. The van der Waals surface area contributed by atoms with Gasteiger partial charge in [-0.2, -0.15) is 0 Å². The molecular formula is C12H18N2O2. The van der Waals surface area contributed by atoms with Crippen LogP contribution in [0.5, 0.6) is 0 Å². The predicted octanol–water partition coefficient (Wildman–Crippen LogP) is 3.22. The summed E-state index contributed by atoms with van der Waals surface area (Å²) in [5.41, 5.74) is 1.21. The first-order valence-electron chi connectivity index (χ1n) is 5.68. The van der Waals surface area contributed by atoms with Crippen LogP contribution >= 0.6 is 0 Å². The SMILES string of the molecule is CCCN(CCC)c1ccc([N+](=O)[O-])cc1. The van der Waals surface area contributed by atoms with Crippen LogP contribution in [0.2, 0.25) is 0 Å². The van der Waals surface area contributed by atoms with Gasteiger partial charge in [0.1, 0.15) is 0 Å². The number of hydrogen-bond donors (Lipinski definition) is 0. The molecule has 4 heteroatoms. The Morgan fingerprint density at radius 3 is 2.00 bits per heavy atom. The fraction of sp³-hybridized carbons (Fsp3) is 0.500. The molecule has 0 heterocycles. The fourth-order valence-corrected chi connectivity index (χ4v) is 1.70. The zero-order valence-electron chi connectivity index (χ0n) is 9.85. The van der Waals surface area contributed by atoms with Crippen LogP contribution in [-0.2, 0) is 0 Å². The van der Waals surface area contributed by atoms with E-state index in [0.717, 1.165) is 31.6 Å². The topological polar surface area (TPSA) is 46.4 Å². The first-order valence-corrected chi connectivity index (χ1v) is 5.68. The first kappa shape index (κ1) is 12.5. The van der Waals surface area contributed by atoms with Crippen molar-refractivity contribution in [2.75, 3.05) is 18.0 Å². The molecule has 0 fully saturated rings. The van der Waals surface area contributed by atoms with Crippen molar-refractivity contribution in [3.05, 3.63) is 34.4 Å². The summed E-state index contributed by atoms with van der Waals surface area (Å²) in [5, 5.41) is 10.5. The molecule has 1 aromatic rings. The summed E-state index contributed by atoms with van der Waals surface area (Å²) >= 11 is 0. The molecular weight excluding hydrogens is 204 g/mol. The van der Waals surface area contributed by atoms with Gasteiger partial charge < -0.3 is 4.90 Å². The lowest BCUT2D eigenvalue weighted by Crippen LogP contribution is -2.24. The highest BCUT2D eigenvalue weighted by Gasteiger charge is 2.07. The van der Waals surface area contributed by atoms with E-state index in [2.05, 4.69) is 18.7 Å². The van der Waals surface area contributed by atoms with Crippen LogP contribution in [0.1, 0.15) is 26.7 Å². The second-order valence-electron chi connectivity index (χ2n) is 3.76. The van der Waals surface area contributed by atoms with E-state index in [9.17, 15) is 10.1 Å². The lowest BCUT2D eigenvalue weighted by Gasteiger charge is -2.23. The van der Waals surface area contributed by atoms with Crippen LogP contribution in [0.25, 0.3) is 0 Å². The van der Waals surface area contributed by atoms with E-state index in [4.69, 9.17) is 0 Å². The molecule has 0 radical (unpaired) electrons. The summed E-state index contributed by atoms with van der Waals surface area (Å²) in [6.45, 7) is 6.25.